The van der Waals surface area contributed by atoms with E-state index in [9.17, 15) is 4.79 Å². The van der Waals surface area contributed by atoms with Gasteiger partial charge in [-0.3, -0.25) is 4.79 Å². The molecule has 0 fully saturated rings. The highest BCUT2D eigenvalue weighted by atomic mass is 79.9. The van der Waals surface area contributed by atoms with Crippen LogP contribution in [0.5, 0.6) is 11.5 Å². The highest BCUT2D eigenvalue weighted by Gasteiger charge is 2.35. The number of rotatable bonds is 7. The van der Waals surface area contributed by atoms with Crippen LogP contribution in [0, 0.1) is 0 Å². The van der Waals surface area contributed by atoms with Gasteiger partial charge in [-0.2, -0.15) is 5.10 Å². The molecule has 1 aliphatic heterocycles. The van der Waals surface area contributed by atoms with Crippen LogP contribution in [-0.2, 0) is 4.79 Å². The van der Waals surface area contributed by atoms with Crippen molar-refractivity contribution < 1.29 is 18.7 Å². The molecule has 35 heavy (non-hydrogen) atoms. The van der Waals surface area contributed by atoms with Crippen LogP contribution in [0.4, 0.5) is 0 Å². The topological polar surface area (TPSA) is 77.2 Å². The lowest BCUT2D eigenvalue weighted by Gasteiger charge is -2.24. The van der Waals surface area contributed by atoms with Gasteiger partial charge in [0.05, 0.1) is 31.7 Å². The summed E-state index contributed by atoms with van der Waals surface area (Å²) < 4.78 is 17.9. The monoisotopic (exact) mass is 551 g/mol. The van der Waals surface area contributed by atoms with Gasteiger partial charge in [0.25, 0.3) is 11.1 Å². The number of para-hydroxylation sites is 3. The van der Waals surface area contributed by atoms with Crippen LogP contribution in [0.1, 0.15) is 23.6 Å². The number of fused-ring (bicyclic) bond motifs is 1. The Kier molecular flexibility index (Phi) is 6.79. The standard InChI is InChI=1S/C26H22BrN3O4S/c1-32-23-9-5-6-18(25(23)33-2)21-14-20(16-10-12-17(27)13-11-16)29-30(21)24(31)15-35-26-28-19-7-3-4-8-22(19)34-26/h3-13,21H,14-15H2,1-2H3. The molecule has 0 bridgehead atoms. The first-order chi connectivity index (χ1) is 17.1. The highest BCUT2D eigenvalue weighted by molar-refractivity contribution is 9.10. The molecule has 1 aliphatic rings. The summed E-state index contributed by atoms with van der Waals surface area (Å²) in [5.74, 6) is 1.18. The molecule has 1 atom stereocenters. The highest BCUT2D eigenvalue weighted by Crippen LogP contribution is 2.42. The number of thioether (sulfide) groups is 1. The predicted octanol–water partition coefficient (Wildman–Crippen LogP) is 6.08. The summed E-state index contributed by atoms with van der Waals surface area (Å²) in [7, 11) is 3.20. The minimum Gasteiger partial charge on any atom is -0.493 e. The summed E-state index contributed by atoms with van der Waals surface area (Å²) in [6, 6.07) is 20.8. The quantitative estimate of drug-likeness (QED) is 0.259. The fourth-order valence-corrected chi connectivity index (χ4v) is 5.03. The van der Waals surface area contributed by atoms with Gasteiger partial charge >= 0.3 is 0 Å². The van der Waals surface area contributed by atoms with Crippen LogP contribution in [0.3, 0.4) is 0 Å². The summed E-state index contributed by atoms with van der Waals surface area (Å²) in [6.07, 6.45) is 0.546. The van der Waals surface area contributed by atoms with Crippen LogP contribution in [0.15, 0.2) is 85.9 Å². The van der Waals surface area contributed by atoms with E-state index in [0.29, 0.717) is 28.7 Å². The van der Waals surface area contributed by atoms with Crippen LogP contribution < -0.4 is 9.47 Å². The van der Waals surface area contributed by atoms with E-state index in [1.54, 1.807) is 19.2 Å². The molecule has 1 unspecified atom stereocenters. The molecule has 4 aromatic rings. The van der Waals surface area contributed by atoms with E-state index < -0.39 is 0 Å². The van der Waals surface area contributed by atoms with Gasteiger partial charge < -0.3 is 13.9 Å². The molecular weight excluding hydrogens is 530 g/mol. The molecule has 5 rings (SSSR count). The number of methoxy groups -OCH3 is 2. The molecule has 1 aromatic heterocycles. The maximum atomic E-state index is 13.5. The largest absolute Gasteiger partial charge is 0.493 e. The molecule has 9 heteroatoms. The summed E-state index contributed by atoms with van der Waals surface area (Å²) >= 11 is 4.73. The number of halogens is 1. The van der Waals surface area contributed by atoms with Crippen molar-refractivity contribution in [2.24, 2.45) is 5.10 Å². The summed E-state index contributed by atoms with van der Waals surface area (Å²) in [6.45, 7) is 0. The zero-order valence-electron chi connectivity index (χ0n) is 19.1. The Morgan fingerprint density at radius 2 is 1.89 bits per heavy atom. The van der Waals surface area contributed by atoms with Crippen LogP contribution in [-0.4, -0.2) is 41.6 Å². The van der Waals surface area contributed by atoms with Gasteiger partial charge in [-0.15, -0.1) is 0 Å². The zero-order valence-corrected chi connectivity index (χ0v) is 21.5. The molecule has 7 nitrogen and oxygen atoms in total. The van der Waals surface area contributed by atoms with Crippen molar-refractivity contribution in [3.05, 3.63) is 82.3 Å². The molecule has 0 saturated heterocycles. The first-order valence-electron chi connectivity index (χ1n) is 10.9. The molecule has 3 aromatic carbocycles. The molecular formula is C26H22BrN3O4S. The van der Waals surface area contributed by atoms with E-state index in [1.807, 2.05) is 66.7 Å². The minimum atomic E-state index is -0.338. The molecule has 0 aliphatic carbocycles. The Balaban J connectivity index is 1.45. The first-order valence-corrected chi connectivity index (χ1v) is 12.7. The van der Waals surface area contributed by atoms with E-state index in [0.717, 1.165) is 26.8 Å². The van der Waals surface area contributed by atoms with Gasteiger partial charge in [-0.25, -0.2) is 9.99 Å². The summed E-state index contributed by atoms with van der Waals surface area (Å²) in [5, 5.41) is 6.75. The van der Waals surface area contributed by atoms with Crippen molar-refractivity contribution >= 4 is 50.4 Å². The number of carbonyl (C=O) groups is 1. The number of hydrazone groups is 1. The lowest BCUT2D eigenvalue weighted by Crippen LogP contribution is -2.29. The maximum Gasteiger partial charge on any atom is 0.257 e. The Hall–Kier alpha value is -3.30. The van der Waals surface area contributed by atoms with Gasteiger partial charge in [-0.1, -0.05) is 64.1 Å². The second-order valence-electron chi connectivity index (χ2n) is 7.83. The number of ether oxygens (including phenoxy) is 2. The van der Waals surface area contributed by atoms with E-state index in [1.165, 1.54) is 11.8 Å². The third-order valence-corrected chi connectivity index (χ3v) is 7.07. The van der Waals surface area contributed by atoms with Crippen molar-refractivity contribution in [3.63, 3.8) is 0 Å². The number of oxazole rings is 1. The fraction of sp³-hybridized carbons (Fsp3) is 0.192. The van der Waals surface area contributed by atoms with Gasteiger partial charge in [0.15, 0.2) is 17.1 Å². The van der Waals surface area contributed by atoms with Crippen molar-refractivity contribution in [2.45, 2.75) is 17.7 Å². The zero-order chi connectivity index (χ0) is 24.4. The number of hydrogen-bond acceptors (Lipinski definition) is 7. The van der Waals surface area contributed by atoms with Gasteiger partial charge in [-0.05, 0) is 35.9 Å². The number of benzene rings is 3. The van der Waals surface area contributed by atoms with Gasteiger partial charge in [0, 0.05) is 16.5 Å². The summed E-state index contributed by atoms with van der Waals surface area (Å²) in [4.78, 5) is 17.9. The van der Waals surface area contributed by atoms with Crippen LogP contribution in [0.2, 0.25) is 0 Å². The van der Waals surface area contributed by atoms with E-state index in [-0.39, 0.29) is 17.7 Å². The molecule has 0 N–H and O–H groups in total. The lowest BCUT2D eigenvalue weighted by molar-refractivity contribution is -0.130. The maximum absolute atomic E-state index is 13.5. The molecule has 1 amide bonds. The second kappa shape index (κ2) is 10.1. The number of nitrogens with zero attached hydrogens (tertiary/aromatic N) is 3. The third-order valence-electron chi connectivity index (χ3n) is 5.73. The lowest BCUT2D eigenvalue weighted by atomic mass is 9.97. The van der Waals surface area contributed by atoms with E-state index in [4.69, 9.17) is 19.0 Å². The molecule has 178 valence electrons. The molecule has 0 radical (unpaired) electrons. The predicted molar refractivity (Wildman–Crippen MR) is 139 cm³/mol. The number of amides is 1. The molecule has 0 saturated carbocycles. The van der Waals surface area contributed by atoms with Gasteiger partial charge in [0.1, 0.15) is 5.52 Å². The minimum absolute atomic E-state index is 0.132. The van der Waals surface area contributed by atoms with Crippen LogP contribution in [0.25, 0.3) is 11.1 Å². The number of hydrogen-bond donors (Lipinski definition) is 0. The fourth-order valence-electron chi connectivity index (χ4n) is 4.08. The molecule has 2 heterocycles. The Labute approximate surface area is 215 Å². The van der Waals surface area contributed by atoms with Crippen molar-refractivity contribution in [1.82, 2.24) is 9.99 Å². The molecule has 0 spiro atoms. The number of aromatic nitrogens is 1. The van der Waals surface area contributed by atoms with Crippen molar-refractivity contribution in [3.8, 4) is 11.5 Å². The number of carbonyl (C=O) groups excluding carboxylic acids is 1. The van der Waals surface area contributed by atoms with Gasteiger partial charge in [0.2, 0.25) is 0 Å². The van der Waals surface area contributed by atoms with Crippen molar-refractivity contribution in [1.29, 1.82) is 0 Å². The Bertz CT molecular complexity index is 1370. The smallest absolute Gasteiger partial charge is 0.257 e. The normalized spacial score (nSPS) is 15.3. The Morgan fingerprint density at radius 3 is 2.63 bits per heavy atom. The first kappa shape index (κ1) is 23.4. The van der Waals surface area contributed by atoms with E-state index in [2.05, 4.69) is 20.9 Å². The van der Waals surface area contributed by atoms with Crippen molar-refractivity contribution in [2.75, 3.05) is 20.0 Å². The van der Waals surface area contributed by atoms with E-state index >= 15 is 0 Å². The average Bonchev–Trinajstić information content (AvgIpc) is 3.51. The SMILES string of the molecule is COc1cccc(C2CC(c3ccc(Br)cc3)=NN2C(=O)CSc2nc3ccccc3o2)c1OC. The van der Waals surface area contributed by atoms with Crippen LogP contribution >= 0.6 is 27.7 Å². The second-order valence-corrected chi connectivity index (χ2v) is 9.67. The average molecular weight is 552 g/mol. The third kappa shape index (κ3) is 4.78. The Morgan fingerprint density at radius 1 is 1.09 bits per heavy atom. The summed E-state index contributed by atoms with van der Waals surface area (Å²) in [5.41, 5.74) is 4.08.